The summed E-state index contributed by atoms with van der Waals surface area (Å²) in [5.41, 5.74) is 0. The lowest BCUT2D eigenvalue weighted by molar-refractivity contribution is 0.158. The van der Waals surface area contributed by atoms with Crippen LogP contribution in [0.1, 0.15) is 12.8 Å². The molecule has 0 amide bonds. The highest BCUT2D eigenvalue weighted by Gasteiger charge is 2.40. The monoisotopic (exact) mass is 291 g/mol. The lowest BCUT2D eigenvalue weighted by Gasteiger charge is -2.20. The topological polar surface area (TPSA) is 21.3 Å². The Hall–Kier alpha value is -0.510. The van der Waals surface area contributed by atoms with Gasteiger partial charge >= 0.3 is 0 Å². The van der Waals surface area contributed by atoms with Gasteiger partial charge in [0.1, 0.15) is 17.7 Å². The first kappa shape index (κ1) is 13.9. The summed E-state index contributed by atoms with van der Waals surface area (Å²) >= 11 is 5.74. The van der Waals surface area contributed by atoms with Crippen molar-refractivity contribution in [2.75, 3.05) is 13.1 Å². The van der Waals surface area contributed by atoms with Crippen LogP contribution in [0, 0.1) is 17.7 Å². The molecule has 0 aromatic heterocycles. The first-order valence-corrected chi connectivity index (χ1v) is 6.44. The Morgan fingerprint density at radius 2 is 2.11 bits per heavy atom. The Kier molecular flexibility index (Phi) is 4.36. The maximum Gasteiger partial charge on any atom is 0.142 e. The first-order valence-electron chi connectivity index (χ1n) is 6.06. The van der Waals surface area contributed by atoms with E-state index < -0.39 is 5.82 Å². The fourth-order valence-electron chi connectivity index (χ4n) is 2.97. The molecule has 3 atom stereocenters. The zero-order chi connectivity index (χ0) is 11.8. The Balaban J connectivity index is 0.00000120. The predicted molar refractivity (Wildman–Crippen MR) is 72.2 cm³/mol. The van der Waals surface area contributed by atoms with Gasteiger partial charge in [0.05, 0.1) is 5.02 Å². The van der Waals surface area contributed by atoms with E-state index in [0.717, 1.165) is 25.4 Å². The van der Waals surface area contributed by atoms with Gasteiger partial charge in [0.25, 0.3) is 0 Å². The zero-order valence-corrected chi connectivity index (χ0v) is 11.4. The molecule has 1 saturated carbocycles. The third-order valence-electron chi connectivity index (χ3n) is 3.87. The van der Waals surface area contributed by atoms with Crippen LogP contribution < -0.4 is 10.1 Å². The van der Waals surface area contributed by atoms with Crippen molar-refractivity contribution >= 4 is 24.0 Å². The molecule has 2 unspecified atom stereocenters. The molecule has 2 fully saturated rings. The number of ether oxygens (including phenoxy) is 1. The van der Waals surface area contributed by atoms with Crippen LogP contribution >= 0.6 is 24.0 Å². The lowest BCUT2D eigenvalue weighted by Crippen LogP contribution is -2.26. The summed E-state index contributed by atoms with van der Waals surface area (Å²) in [6, 6.07) is 4.57. The third-order valence-corrected chi connectivity index (χ3v) is 4.16. The predicted octanol–water partition coefficient (Wildman–Crippen LogP) is 3.28. The summed E-state index contributed by atoms with van der Waals surface area (Å²) in [4.78, 5) is 0. The van der Waals surface area contributed by atoms with Crippen molar-refractivity contribution in [1.29, 1.82) is 0 Å². The first-order chi connectivity index (χ1) is 8.24. The van der Waals surface area contributed by atoms with Crippen molar-refractivity contribution in [3.63, 3.8) is 0 Å². The Labute approximate surface area is 117 Å². The van der Waals surface area contributed by atoms with Crippen molar-refractivity contribution in [2.45, 2.75) is 18.9 Å². The molecule has 0 bridgehead atoms. The normalized spacial score (nSPS) is 29.8. The molecule has 1 saturated heterocycles. The quantitative estimate of drug-likeness (QED) is 0.903. The standard InChI is InChI=1S/C13H15ClFNO.ClH/c14-11-5-9(2-3-12(11)15)17-13-4-1-8-6-16-7-10(8)13;/h2-3,5,8,10,13,16H,1,4,6-7H2;1H/t8?,10?,13-;/m0./s1. The summed E-state index contributed by atoms with van der Waals surface area (Å²) in [5.74, 6) is 1.62. The minimum atomic E-state index is -0.397. The van der Waals surface area contributed by atoms with E-state index in [1.54, 1.807) is 12.1 Å². The average molecular weight is 292 g/mol. The van der Waals surface area contributed by atoms with Gasteiger partial charge in [0, 0.05) is 18.5 Å². The van der Waals surface area contributed by atoms with E-state index in [9.17, 15) is 4.39 Å². The summed E-state index contributed by atoms with van der Waals surface area (Å²) in [6.07, 6.45) is 2.56. The van der Waals surface area contributed by atoms with Gasteiger partial charge < -0.3 is 10.1 Å². The minimum absolute atomic E-state index is 0. The van der Waals surface area contributed by atoms with Crippen LogP contribution in [-0.4, -0.2) is 19.2 Å². The van der Waals surface area contributed by atoms with Gasteiger partial charge in [0.2, 0.25) is 0 Å². The number of hydrogen-bond acceptors (Lipinski definition) is 2. The van der Waals surface area contributed by atoms with Crippen molar-refractivity contribution in [1.82, 2.24) is 5.32 Å². The molecule has 2 nitrogen and oxygen atoms in total. The second-order valence-corrected chi connectivity index (χ2v) is 5.30. The molecule has 1 heterocycles. The molecular formula is C13H16Cl2FNO. The molecule has 100 valence electrons. The molecule has 1 aliphatic heterocycles. The van der Waals surface area contributed by atoms with Crippen molar-refractivity contribution < 1.29 is 9.13 Å². The highest BCUT2D eigenvalue weighted by atomic mass is 35.5. The van der Waals surface area contributed by atoms with Crippen LogP contribution in [-0.2, 0) is 0 Å². The van der Waals surface area contributed by atoms with Gasteiger partial charge in [-0.25, -0.2) is 4.39 Å². The van der Waals surface area contributed by atoms with E-state index in [-0.39, 0.29) is 23.5 Å². The van der Waals surface area contributed by atoms with E-state index in [4.69, 9.17) is 16.3 Å². The number of benzene rings is 1. The van der Waals surface area contributed by atoms with E-state index >= 15 is 0 Å². The Bertz CT molecular complexity index is 429. The van der Waals surface area contributed by atoms with Crippen LogP contribution in [0.25, 0.3) is 0 Å². The maximum absolute atomic E-state index is 13.0. The van der Waals surface area contributed by atoms with Gasteiger partial charge in [-0.15, -0.1) is 12.4 Å². The highest BCUT2D eigenvalue weighted by Crippen LogP contribution is 2.37. The summed E-state index contributed by atoms with van der Waals surface area (Å²) in [6.45, 7) is 2.14. The van der Waals surface area contributed by atoms with Crippen LogP contribution in [0.5, 0.6) is 5.75 Å². The molecule has 2 aliphatic rings. The summed E-state index contributed by atoms with van der Waals surface area (Å²) in [7, 11) is 0. The van der Waals surface area contributed by atoms with Crippen molar-refractivity contribution in [2.24, 2.45) is 11.8 Å². The number of fused-ring (bicyclic) bond motifs is 1. The molecule has 1 N–H and O–H groups in total. The van der Waals surface area contributed by atoms with Crippen LogP contribution in [0.2, 0.25) is 5.02 Å². The van der Waals surface area contributed by atoms with Gasteiger partial charge in [-0.2, -0.15) is 0 Å². The molecule has 1 aromatic rings. The average Bonchev–Trinajstić information content (AvgIpc) is 2.88. The van der Waals surface area contributed by atoms with Gasteiger partial charge in [-0.3, -0.25) is 0 Å². The van der Waals surface area contributed by atoms with Gasteiger partial charge in [-0.1, -0.05) is 11.6 Å². The second kappa shape index (κ2) is 5.64. The minimum Gasteiger partial charge on any atom is -0.490 e. The van der Waals surface area contributed by atoms with Gasteiger partial charge in [0.15, 0.2) is 0 Å². The number of hydrogen-bond donors (Lipinski definition) is 1. The highest BCUT2D eigenvalue weighted by molar-refractivity contribution is 6.30. The zero-order valence-electron chi connectivity index (χ0n) is 9.86. The van der Waals surface area contributed by atoms with Crippen LogP contribution in [0.15, 0.2) is 18.2 Å². The molecular weight excluding hydrogens is 276 g/mol. The fourth-order valence-corrected chi connectivity index (χ4v) is 3.14. The Morgan fingerprint density at radius 1 is 1.28 bits per heavy atom. The van der Waals surface area contributed by atoms with E-state index in [1.165, 1.54) is 12.5 Å². The SMILES string of the molecule is Cl.Fc1ccc(O[C@H]2CCC3CNCC32)cc1Cl. The second-order valence-electron chi connectivity index (χ2n) is 4.89. The fraction of sp³-hybridized carbons (Fsp3) is 0.538. The molecule has 1 aliphatic carbocycles. The number of rotatable bonds is 2. The summed E-state index contributed by atoms with van der Waals surface area (Å²) < 4.78 is 19.0. The number of halogens is 3. The number of nitrogens with one attached hydrogen (secondary N) is 1. The summed E-state index contributed by atoms with van der Waals surface area (Å²) in [5, 5.41) is 3.52. The lowest BCUT2D eigenvalue weighted by atomic mass is 9.99. The van der Waals surface area contributed by atoms with Gasteiger partial charge in [-0.05, 0) is 37.4 Å². The molecule has 18 heavy (non-hydrogen) atoms. The van der Waals surface area contributed by atoms with E-state index in [2.05, 4.69) is 5.32 Å². The molecule has 5 heteroatoms. The largest absolute Gasteiger partial charge is 0.490 e. The molecule has 3 rings (SSSR count). The smallest absolute Gasteiger partial charge is 0.142 e. The van der Waals surface area contributed by atoms with Crippen LogP contribution in [0.3, 0.4) is 0 Å². The molecule has 0 radical (unpaired) electrons. The molecule has 1 aromatic carbocycles. The maximum atomic E-state index is 13.0. The molecule has 0 spiro atoms. The third kappa shape index (κ3) is 2.58. The van der Waals surface area contributed by atoms with Crippen LogP contribution in [0.4, 0.5) is 4.39 Å². The van der Waals surface area contributed by atoms with Crippen molar-refractivity contribution in [3.05, 3.63) is 29.0 Å². The van der Waals surface area contributed by atoms with E-state index in [0.29, 0.717) is 11.7 Å². The Morgan fingerprint density at radius 3 is 2.89 bits per heavy atom. The van der Waals surface area contributed by atoms with Crippen molar-refractivity contribution in [3.8, 4) is 5.75 Å². The van der Waals surface area contributed by atoms with E-state index in [1.807, 2.05) is 0 Å².